The fourth-order valence-corrected chi connectivity index (χ4v) is 6.14. The summed E-state index contributed by atoms with van der Waals surface area (Å²) in [5.74, 6) is 2.88. The Hall–Kier alpha value is -1.60. The van der Waals surface area contributed by atoms with Crippen molar-refractivity contribution >= 4 is 29.2 Å². The molecule has 0 radical (unpaired) electrons. The van der Waals surface area contributed by atoms with E-state index >= 15 is 0 Å². The topological polar surface area (TPSA) is 59.1 Å². The van der Waals surface area contributed by atoms with E-state index in [1.807, 2.05) is 16.7 Å². The van der Waals surface area contributed by atoms with Crippen LogP contribution in [0.2, 0.25) is 0 Å². The lowest BCUT2D eigenvalue weighted by atomic mass is 9.73. The van der Waals surface area contributed by atoms with Crippen molar-refractivity contribution in [2.24, 2.45) is 11.3 Å². The standard InChI is InChI=1S/C22H34N4O2S/c1-22(2)13-17-14-25(21(28)23-7-10-27)16-20(22)26(15-17)19-5-3-18(4-6-19)24-8-11-29-12-9-24/h3-6,17,20,27H,7-16H2,1-2H3,(H,23,28). The van der Waals surface area contributed by atoms with E-state index in [2.05, 4.69) is 53.2 Å². The lowest BCUT2D eigenvalue weighted by molar-refractivity contribution is 0.185. The number of urea groups is 1. The van der Waals surface area contributed by atoms with Crippen molar-refractivity contribution in [3.63, 3.8) is 0 Å². The number of benzene rings is 1. The van der Waals surface area contributed by atoms with Gasteiger partial charge in [0.1, 0.15) is 0 Å². The second kappa shape index (κ2) is 8.64. The Bertz CT molecular complexity index is 705. The third-order valence-electron chi connectivity index (χ3n) is 6.65. The molecule has 0 saturated carbocycles. The first-order valence-electron chi connectivity index (χ1n) is 10.8. The van der Waals surface area contributed by atoms with Crippen LogP contribution >= 0.6 is 11.8 Å². The van der Waals surface area contributed by atoms with Gasteiger partial charge < -0.3 is 25.1 Å². The molecule has 5 rings (SSSR count). The average Bonchev–Trinajstić information content (AvgIpc) is 3.00. The van der Waals surface area contributed by atoms with E-state index in [-0.39, 0.29) is 18.1 Å². The van der Waals surface area contributed by atoms with Crippen molar-refractivity contribution in [1.82, 2.24) is 10.2 Å². The van der Waals surface area contributed by atoms with Crippen molar-refractivity contribution in [2.75, 3.05) is 67.2 Å². The first-order valence-corrected chi connectivity index (χ1v) is 12.0. The quantitative estimate of drug-likeness (QED) is 0.787. The number of fused-ring (bicyclic) bond motifs is 4. The van der Waals surface area contributed by atoms with Crippen molar-refractivity contribution < 1.29 is 9.90 Å². The van der Waals surface area contributed by atoms with Crippen LogP contribution in [0.3, 0.4) is 0 Å². The molecule has 4 heterocycles. The molecule has 0 aromatic heterocycles. The molecule has 1 aromatic rings. The van der Waals surface area contributed by atoms with Crippen molar-refractivity contribution in [3.8, 4) is 0 Å². The van der Waals surface area contributed by atoms with Gasteiger partial charge in [-0.3, -0.25) is 0 Å². The van der Waals surface area contributed by atoms with Crippen LogP contribution in [0.1, 0.15) is 20.3 Å². The Labute approximate surface area is 178 Å². The summed E-state index contributed by atoms with van der Waals surface area (Å²) in [6.45, 7) is 9.74. The lowest BCUT2D eigenvalue weighted by Gasteiger charge is -2.48. The Morgan fingerprint density at radius 1 is 1.14 bits per heavy atom. The Morgan fingerprint density at radius 2 is 1.83 bits per heavy atom. The zero-order valence-corrected chi connectivity index (χ0v) is 18.5. The summed E-state index contributed by atoms with van der Waals surface area (Å²) in [5.41, 5.74) is 2.73. The number of hydrogen-bond acceptors (Lipinski definition) is 5. The Morgan fingerprint density at radius 3 is 2.52 bits per heavy atom. The molecule has 0 aliphatic carbocycles. The van der Waals surface area contributed by atoms with Crippen molar-refractivity contribution in [1.29, 1.82) is 0 Å². The molecule has 4 aliphatic heterocycles. The molecule has 2 amide bonds. The van der Waals surface area contributed by atoms with Gasteiger partial charge in [-0.25, -0.2) is 4.79 Å². The van der Waals surface area contributed by atoms with E-state index in [4.69, 9.17) is 5.11 Å². The molecule has 29 heavy (non-hydrogen) atoms. The van der Waals surface area contributed by atoms with Gasteiger partial charge in [0.25, 0.3) is 0 Å². The van der Waals surface area contributed by atoms with Crippen LogP contribution in [0.25, 0.3) is 0 Å². The molecule has 4 saturated heterocycles. The zero-order valence-electron chi connectivity index (χ0n) is 17.6. The molecule has 2 N–H and O–H groups in total. The van der Waals surface area contributed by atoms with E-state index in [1.165, 1.54) is 22.9 Å². The fourth-order valence-electron chi connectivity index (χ4n) is 5.24. The SMILES string of the molecule is CC1(C)CC2CN(C(=O)NCCO)CC1N(c1ccc(N3CCSCC3)cc1)C2. The van der Waals surface area contributed by atoms with Crippen LogP contribution in [0.15, 0.2) is 24.3 Å². The second-order valence-corrected chi connectivity index (χ2v) is 10.4. The number of piperidine rings is 1. The second-order valence-electron chi connectivity index (χ2n) is 9.20. The summed E-state index contributed by atoms with van der Waals surface area (Å²) >= 11 is 2.04. The molecule has 4 aliphatic rings. The summed E-state index contributed by atoms with van der Waals surface area (Å²) in [6.07, 6.45) is 1.14. The number of carbonyl (C=O) groups is 1. The van der Waals surface area contributed by atoms with Crippen LogP contribution in [-0.4, -0.2) is 79.5 Å². The molecular weight excluding hydrogens is 384 g/mol. The van der Waals surface area contributed by atoms with Crippen LogP contribution in [0, 0.1) is 11.3 Å². The van der Waals surface area contributed by atoms with Gasteiger partial charge in [0.2, 0.25) is 0 Å². The fraction of sp³-hybridized carbons (Fsp3) is 0.682. The number of carbonyl (C=O) groups excluding carboxylic acids is 1. The molecule has 7 heteroatoms. The highest BCUT2D eigenvalue weighted by Crippen LogP contribution is 2.43. The first kappa shape index (κ1) is 20.7. The summed E-state index contributed by atoms with van der Waals surface area (Å²) in [5, 5.41) is 11.9. The highest BCUT2D eigenvalue weighted by Gasteiger charge is 2.46. The minimum absolute atomic E-state index is 0.0217. The van der Waals surface area contributed by atoms with Gasteiger partial charge in [0.05, 0.1) is 12.6 Å². The molecule has 4 fully saturated rings. The van der Waals surface area contributed by atoms with Gasteiger partial charge in [-0.2, -0.15) is 11.8 Å². The number of thioether (sulfide) groups is 1. The lowest BCUT2D eigenvalue weighted by Crippen LogP contribution is -2.54. The maximum atomic E-state index is 12.6. The molecule has 2 atom stereocenters. The van der Waals surface area contributed by atoms with Gasteiger partial charge in [0, 0.05) is 62.1 Å². The van der Waals surface area contributed by atoms with Gasteiger partial charge in [0.15, 0.2) is 0 Å². The van der Waals surface area contributed by atoms with Crippen LogP contribution in [0.4, 0.5) is 16.2 Å². The number of amides is 2. The van der Waals surface area contributed by atoms with Gasteiger partial charge in [-0.15, -0.1) is 0 Å². The predicted molar refractivity (Wildman–Crippen MR) is 121 cm³/mol. The van der Waals surface area contributed by atoms with Gasteiger partial charge >= 0.3 is 6.03 Å². The van der Waals surface area contributed by atoms with E-state index in [0.717, 1.165) is 39.1 Å². The van der Waals surface area contributed by atoms with Crippen LogP contribution < -0.4 is 15.1 Å². The predicted octanol–water partition coefficient (Wildman–Crippen LogP) is 2.48. The van der Waals surface area contributed by atoms with Crippen molar-refractivity contribution in [3.05, 3.63) is 24.3 Å². The number of aliphatic hydroxyl groups excluding tert-OH is 1. The first-order chi connectivity index (χ1) is 14.0. The third kappa shape index (κ3) is 4.45. The summed E-state index contributed by atoms with van der Waals surface area (Å²) in [7, 11) is 0. The molecule has 0 spiro atoms. The molecule has 1 aromatic carbocycles. The normalized spacial score (nSPS) is 26.4. The summed E-state index contributed by atoms with van der Waals surface area (Å²) in [4.78, 5) is 19.5. The maximum Gasteiger partial charge on any atom is 0.317 e. The smallest absolute Gasteiger partial charge is 0.317 e. The highest BCUT2D eigenvalue weighted by molar-refractivity contribution is 7.99. The minimum atomic E-state index is -0.0492. The van der Waals surface area contributed by atoms with Gasteiger partial charge in [-0.1, -0.05) is 13.8 Å². The van der Waals surface area contributed by atoms with Crippen LogP contribution in [0.5, 0.6) is 0 Å². The van der Waals surface area contributed by atoms with E-state index in [1.54, 1.807) is 0 Å². The largest absolute Gasteiger partial charge is 0.395 e. The Kier molecular flexibility index (Phi) is 6.16. The number of nitrogens with zero attached hydrogens (tertiary/aromatic N) is 3. The summed E-state index contributed by atoms with van der Waals surface area (Å²) in [6, 6.07) is 9.31. The van der Waals surface area contributed by atoms with E-state index in [9.17, 15) is 4.79 Å². The summed E-state index contributed by atoms with van der Waals surface area (Å²) < 4.78 is 0. The third-order valence-corrected chi connectivity index (χ3v) is 7.60. The monoisotopic (exact) mass is 418 g/mol. The average molecular weight is 419 g/mol. The molecule has 6 nitrogen and oxygen atoms in total. The van der Waals surface area contributed by atoms with Crippen molar-refractivity contribution in [2.45, 2.75) is 26.3 Å². The number of nitrogens with one attached hydrogen (secondary N) is 1. The molecule has 2 bridgehead atoms. The van der Waals surface area contributed by atoms with E-state index < -0.39 is 0 Å². The molecular formula is C22H34N4O2S. The van der Waals surface area contributed by atoms with Crippen LogP contribution in [-0.2, 0) is 0 Å². The van der Waals surface area contributed by atoms with Gasteiger partial charge in [-0.05, 0) is 42.0 Å². The highest BCUT2D eigenvalue weighted by atomic mass is 32.2. The molecule has 160 valence electrons. The molecule has 2 unspecified atom stereocenters. The maximum absolute atomic E-state index is 12.6. The zero-order chi connectivity index (χ0) is 20.4. The number of hydrogen-bond donors (Lipinski definition) is 2. The Balaban J connectivity index is 1.52. The number of anilines is 2. The van der Waals surface area contributed by atoms with E-state index in [0.29, 0.717) is 18.5 Å². The number of rotatable bonds is 4. The minimum Gasteiger partial charge on any atom is -0.395 e. The number of aliphatic hydroxyl groups is 1.